The molecular formula is C25H36N2O3. The fraction of sp³-hybridized carbons (Fsp3) is 0.800. The number of rotatable bonds is 1. The van der Waals surface area contributed by atoms with Gasteiger partial charge in [-0.25, -0.2) is 4.68 Å². The van der Waals surface area contributed by atoms with Crippen molar-refractivity contribution >= 4 is 11.9 Å². The van der Waals surface area contributed by atoms with Crippen LogP contribution in [0.2, 0.25) is 0 Å². The van der Waals surface area contributed by atoms with E-state index in [0.29, 0.717) is 17.3 Å². The lowest BCUT2D eigenvalue weighted by molar-refractivity contribution is -0.157. The Morgan fingerprint density at radius 1 is 1.07 bits per heavy atom. The molecule has 5 rings (SSSR count). The molecular weight excluding hydrogens is 376 g/mol. The highest BCUT2D eigenvalue weighted by molar-refractivity contribution is 5.77. The summed E-state index contributed by atoms with van der Waals surface area (Å²) < 4.78 is 7.30. The Bertz CT molecular complexity index is 904. The van der Waals surface area contributed by atoms with E-state index in [2.05, 4.69) is 25.9 Å². The van der Waals surface area contributed by atoms with Crippen molar-refractivity contribution in [2.75, 3.05) is 0 Å². The van der Waals surface area contributed by atoms with Crippen LogP contribution in [0.3, 0.4) is 0 Å². The van der Waals surface area contributed by atoms with Gasteiger partial charge in [0.2, 0.25) is 5.91 Å². The molecule has 0 unspecified atom stereocenters. The zero-order valence-electron chi connectivity index (χ0n) is 19.2. The Kier molecular flexibility index (Phi) is 4.51. The summed E-state index contributed by atoms with van der Waals surface area (Å²) in [5.74, 6) is 2.66. The Balaban J connectivity index is 1.43. The van der Waals surface area contributed by atoms with Gasteiger partial charge in [0.05, 0.1) is 11.4 Å². The molecule has 3 fully saturated rings. The van der Waals surface area contributed by atoms with Crippen molar-refractivity contribution in [2.45, 2.75) is 97.5 Å². The predicted octanol–water partition coefficient (Wildman–Crippen LogP) is 4.84. The number of nitrogens with zero attached hydrogens (tertiary/aromatic N) is 2. The van der Waals surface area contributed by atoms with Crippen LogP contribution in [0.25, 0.3) is 0 Å². The highest BCUT2D eigenvalue weighted by Crippen LogP contribution is 2.66. The van der Waals surface area contributed by atoms with Gasteiger partial charge < -0.3 is 4.74 Å². The number of hydrogen-bond acceptors (Lipinski definition) is 4. The molecule has 0 bridgehead atoms. The monoisotopic (exact) mass is 412 g/mol. The summed E-state index contributed by atoms with van der Waals surface area (Å²) in [6, 6.07) is 0. The smallest absolute Gasteiger partial charge is 0.302 e. The molecule has 5 heteroatoms. The lowest BCUT2D eigenvalue weighted by atomic mass is 9.45. The molecule has 0 aromatic carbocycles. The molecule has 3 saturated carbocycles. The van der Waals surface area contributed by atoms with Crippen molar-refractivity contribution in [1.82, 2.24) is 9.78 Å². The summed E-state index contributed by atoms with van der Waals surface area (Å²) in [6.07, 6.45) is 9.34. The number of aromatic nitrogens is 2. The molecule has 164 valence electrons. The lowest BCUT2D eigenvalue weighted by Crippen LogP contribution is -2.54. The third-order valence-electron chi connectivity index (χ3n) is 9.78. The number of carbonyl (C=O) groups excluding carboxylic acids is 2. The Morgan fingerprint density at radius 3 is 2.53 bits per heavy atom. The van der Waals surface area contributed by atoms with Crippen LogP contribution in [0.15, 0.2) is 0 Å². The van der Waals surface area contributed by atoms with Gasteiger partial charge in [0.1, 0.15) is 6.10 Å². The Hall–Kier alpha value is -1.65. The first-order chi connectivity index (χ1) is 14.1. The van der Waals surface area contributed by atoms with E-state index in [9.17, 15) is 9.59 Å². The van der Waals surface area contributed by atoms with Crippen LogP contribution in [0.4, 0.5) is 0 Å². The number of ether oxygens (including phenoxy) is 1. The van der Waals surface area contributed by atoms with E-state index >= 15 is 0 Å². The SMILES string of the molecule is CC(=O)O[C@H]1CC[C@@]2(C)[C@H](CC[C@H]3[C@H]2CC[C@]2(C)c4c(C)nn(C(C)=O)c4C[C@H]32)C1. The minimum Gasteiger partial charge on any atom is -0.463 e. The topological polar surface area (TPSA) is 61.2 Å². The summed E-state index contributed by atoms with van der Waals surface area (Å²) in [5.41, 5.74) is 4.15. The van der Waals surface area contributed by atoms with Crippen LogP contribution in [0, 0.1) is 36.0 Å². The van der Waals surface area contributed by atoms with E-state index in [4.69, 9.17) is 4.74 Å². The zero-order valence-corrected chi connectivity index (χ0v) is 19.2. The molecule has 7 atom stereocenters. The van der Waals surface area contributed by atoms with Gasteiger partial charge in [-0.3, -0.25) is 9.59 Å². The second-order valence-electron chi connectivity index (χ2n) is 11.2. The molecule has 1 aromatic rings. The van der Waals surface area contributed by atoms with Crippen molar-refractivity contribution < 1.29 is 14.3 Å². The minimum atomic E-state index is -0.135. The van der Waals surface area contributed by atoms with E-state index in [1.807, 2.05) is 0 Å². The minimum absolute atomic E-state index is 0.0395. The van der Waals surface area contributed by atoms with E-state index in [1.165, 1.54) is 50.3 Å². The maximum absolute atomic E-state index is 12.2. The molecule has 0 radical (unpaired) electrons. The first kappa shape index (κ1) is 20.3. The van der Waals surface area contributed by atoms with Crippen molar-refractivity contribution in [1.29, 1.82) is 0 Å². The van der Waals surface area contributed by atoms with Gasteiger partial charge in [0, 0.05) is 19.4 Å². The summed E-state index contributed by atoms with van der Waals surface area (Å²) in [4.78, 5) is 23.7. The van der Waals surface area contributed by atoms with E-state index < -0.39 is 0 Å². The molecule has 0 amide bonds. The second kappa shape index (κ2) is 6.67. The average molecular weight is 413 g/mol. The van der Waals surface area contributed by atoms with Crippen LogP contribution < -0.4 is 0 Å². The normalized spacial score (nSPS) is 42.0. The lowest BCUT2D eigenvalue weighted by Gasteiger charge is -2.60. The zero-order chi connectivity index (χ0) is 21.4. The van der Waals surface area contributed by atoms with E-state index in [-0.39, 0.29) is 23.4 Å². The fourth-order valence-electron chi connectivity index (χ4n) is 8.54. The number of esters is 1. The molecule has 0 aliphatic heterocycles. The Labute approximate surface area is 179 Å². The number of carbonyl (C=O) groups is 2. The van der Waals surface area contributed by atoms with Crippen molar-refractivity contribution in [3.8, 4) is 0 Å². The van der Waals surface area contributed by atoms with Gasteiger partial charge in [-0.05, 0) is 92.8 Å². The van der Waals surface area contributed by atoms with Gasteiger partial charge in [-0.2, -0.15) is 5.10 Å². The summed E-state index contributed by atoms with van der Waals surface area (Å²) in [7, 11) is 0. The maximum atomic E-state index is 12.2. The van der Waals surface area contributed by atoms with Gasteiger partial charge in [0.15, 0.2) is 0 Å². The van der Waals surface area contributed by atoms with Crippen LogP contribution in [-0.4, -0.2) is 27.8 Å². The largest absolute Gasteiger partial charge is 0.463 e. The first-order valence-electron chi connectivity index (χ1n) is 11.9. The van der Waals surface area contributed by atoms with E-state index in [0.717, 1.165) is 36.8 Å². The predicted molar refractivity (Wildman–Crippen MR) is 114 cm³/mol. The molecule has 1 aromatic heterocycles. The van der Waals surface area contributed by atoms with Crippen LogP contribution in [0.5, 0.6) is 0 Å². The summed E-state index contributed by atoms with van der Waals surface area (Å²) in [6.45, 7) is 10.2. The van der Waals surface area contributed by atoms with Crippen molar-refractivity contribution in [3.63, 3.8) is 0 Å². The third-order valence-corrected chi connectivity index (χ3v) is 9.78. The number of hydrogen-bond donors (Lipinski definition) is 0. The molecule has 5 nitrogen and oxygen atoms in total. The maximum Gasteiger partial charge on any atom is 0.302 e. The highest BCUT2D eigenvalue weighted by atomic mass is 16.5. The summed E-state index contributed by atoms with van der Waals surface area (Å²) in [5, 5.41) is 4.61. The first-order valence-corrected chi connectivity index (χ1v) is 11.9. The van der Waals surface area contributed by atoms with Crippen LogP contribution in [-0.2, 0) is 21.4 Å². The molecule has 0 spiro atoms. The fourth-order valence-corrected chi connectivity index (χ4v) is 8.54. The number of fused-ring (bicyclic) bond motifs is 7. The molecule has 0 saturated heterocycles. The average Bonchev–Trinajstić information content (AvgIpc) is 3.16. The molecule has 4 aliphatic carbocycles. The van der Waals surface area contributed by atoms with Gasteiger partial charge >= 0.3 is 5.97 Å². The second-order valence-corrected chi connectivity index (χ2v) is 11.2. The molecule has 1 heterocycles. The van der Waals surface area contributed by atoms with E-state index in [1.54, 1.807) is 11.6 Å². The molecule has 30 heavy (non-hydrogen) atoms. The Morgan fingerprint density at radius 2 is 1.83 bits per heavy atom. The van der Waals surface area contributed by atoms with Crippen LogP contribution in [0.1, 0.15) is 94.4 Å². The third kappa shape index (κ3) is 2.69. The number of aryl methyl sites for hydroxylation is 1. The standard InChI is InChI=1S/C25H36N2O3/c1-14-23-22(27(26-14)15(2)28)13-21-19-7-6-17-12-18(30-16(3)29)8-10-24(17,4)20(19)9-11-25(21,23)5/h17-21H,6-13H2,1-5H3/t17-,18+,19+,20-,21-,24+,25+/m1/s1. The van der Waals surface area contributed by atoms with Gasteiger partial charge in [-0.15, -0.1) is 0 Å². The van der Waals surface area contributed by atoms with Crippen molar-refractivity contribution in [2.24, 2.45) is 29.1 Å². The summed E-state index contributed by atoms with van der Waals surface area (Å²) >= 11 is 0. The van der Waals surface area contributed by atoms with Gasteiger partial charge in [0.25, 0.3) is 0 Å². The molecule has 4 aliphatic rings. The van der Waals surface area contributed by atoms with Gasteiger partial charge in [-0.1, -0.05) is 13.8 Å². The van der Waals surface area contributed by atoms with Crippen molar-refractivity contribution in [3.05, 3.63) is 17.0 Å². The molecule has 0 N–H and O–H groups in total. The quantitative estimate of drug-likeness (QED) is 0.619. The van der Waals surface area contributed by atoms with Crippen LogP contribution >= 0.6 is 0 Å². The highest BCUT2D eigenvalue weighted by Gasteiger charge is 2.60.